The number of nitrogens with zero attached hydrogens (tertiary/aromatic N) is 3. The van der Waals surface area contributed by atoms with E-state index in [4.69, 9.17) is 0 Å². The van der Waals surface area contributed by atoms with Crippen molar-refractivity contribution in [2.45, 2.75) is 46.0 Å². The Labute approximate surface area is 116 Å². The normalized spacial score (nSPS) is 15.7. The summed E-state index contributed by atoms with van der Waals surface area (Å²) >= 11 is 0. The standard InChI is InChI=1S/C15H26N4/c1-4-13-14(16-5-2)17-11-18-15(13)19(3)10-12-8-6-7-9-12/h11-12H,4-10H2,1-3H3,(H,16,17,18). The molecule has 1 aromatic rings. The van der Waals surface area contributed by atoms with Crippen LogP contribution in [0.2, 0.25) is 0 Å². The lowest BCUT2D eigenvalue weighted by Crippen LogP contribution is -2.26. The highest BCUT2D eigenvalue weighted by atomic mass is 15.2. The fraction of sp³-hybridized carbons (Fsp3) is 0.733. The van der Waals surface area contributed by atoms with Crippen LogP contribution in [0, 0.1) is 5.92 Å². The maximum absolute atomic E-state index is 4.51. The van der Waals surface area contributed by atoms with Gasteiger partial charge in [0.2, 0.25) is 0 Å². The molecule has 1 saturated carbocycles. The van der Waals surface area contributed by atoms with Crippen molar-refractivity contribution < 1.29 is 0 Å². The zero-order valence-electron chi connectivity index (χ0n) is 12.4. The molecule has 0 radical (unpaired) electrons. The zero-order chi connectivity index (χ0) is 13.7. The average Bonchev–Trinajstić information content (AvgIpc) is 2.91. The number of hydrogen-bond acceptors (Lipinski definition) is 4. The number of nitrogens with one attached hydrogen (secondary N) is 1. The molecule has 1 aliphatic rings. The summed E-state index contributed by atoms with van der Waals surface area (Å²) in [4.78, 5) is 11.2. The third kappa shape index (κ3) is 3.37. The molecule has 0 bridgehead atoms. The summed E-state index contributed by atoms with van der Waals surface area (Å²) in [6.45, 7) is 6.29. The first-order chi connectivity index (χ1) is 9.26. The van der Waals surface area contributed by atoms with Gasteiger partial charge in [-0.2, -0.15) is 0 Å². The Morgan fingerprint density at radius 2 is 2.00 bits per heavy atom. The number of aromatic nitrogens is 2. The van der Waals surface area contributed by atoms with Crippen molar-refractivity contribution >= 4 is 11.6 Å². The minimum Gasteiger partial charge on any atom is -0.370 e. The molecule has 4 heteroatoms. The van der Waals surface area contributed by atoms with E-state index in [0.29, 0.717) is 0 Å². The number of anilines is 2. The predicted molar refractivity (Wildman–Crippen MR) is 80.8 cm³/mol. The van der Waals surface area contributed by atoms with Gasteiger partial charge < -0.3 is 10.2 Å². The lowest BCUT2D eigenvalue weighted by molar-refractivity contribution is 0.544. The SMILES string of the molecule is CCNc1ncnc(N(C)CC2CCCC2)c1CC. The topological polar surface area (TPSA) is 41.1 Å². The van der Waals surface area contributed by atoms with E-state index in [1.54, 1.807) is 6.33 Å². The summed E-state index contributed by atoms with van der Waals surface area (Å²) < 4.78 is 0. The summed E-state index contributed by atoms with van der Waals surface area (Å²) in [6.07, 6.45) is 8.18. The molecule has 106 valence electrons. The highest BCUT2D eigenvalue weighted by Gasteiger charge is 2.19. The predicted octanol–water partition coefficient (Wildman–Crippen LogP) is 3.10. The van der Waals surface area contributed by atoms with E-state index in [0.717, 1.165) is 37.1 Å². The quantitative estimate of drug-likeness (QED) is 0.855. The van der Waals surface area contributed by atoms with Crippen LogP contribution in [0.3, 0.4) is 0 Å². The van der Waals surface area contributed by atoms with E-state index in [1.165, 1.54) is 31.2 Å². The van der Waals surface area contributed by atoms with Gasteiger partial charge in [0.25, 0.3) is 0 Å². The van der Waals surface area contributed by atoms with Crippen molar-refractivity contribution in [3.63, 3.8) is 0 Å². The van der Waals surface area contributed by atoms with Crippen molar-refractivity contribution in [3.8, 4) is 0 Å². The molecule has 0 unspecified atom stereocenters. The van der Waals surface area contributed by atoms with Gasteiger partial charge in [0, 0.05) is 25.7 Å². The van der Waals surface area contributed by atoms with E-state index in [-0.39, 0.29) is 0 Å². The van der Waals surface area contributed by atoms with Crippen LogP contribution in [0.4, 0.5) is 11.6 Å². The summed E-state index contributed by atoms with van der Waals surface area (Å²) in [5.74, 6) is 2.93. The van der Waals surface area contributed by atoms with Gasteiger partial charge >= 0.3 is 0 Å². The Balaban J connectivity index is 2.14. The van der Waals surface area contributed by atoms with Crippen LogP contribution >= 0.6 is 0 Å². The van der Waals surface area contributed by atoms with Crippen molar-refractivity contribution in [2.75, 3.05) is 30.4 Å². The molecule has 0 saturated heterocycles. The molecular weight excluding hydrogens is 236 g/mol. The van der Waals surface area contributed by atoms with Crippen molar-refractivity contribution in [1.82, 2.24) is 9.97 Å². The average molecular weight is 262 g/mol. The van der Waals surface area contributed by atoms with Crippen LogP contribution in [0.1, 0.15) is 45.1 Å². The second-order valence-corrected chi connectivity index (χ2v) is 5.44. The molecule has 1 aliphatic carbocycles. The van der Waals surface area contributed by atoms with Gasteiger partial charge in [-0.05, 0) is 32.1 Å². The zero-order valence-corrected chi connectivity index (χ0v) is 12.4. The molecule has 0 amide bonds. The smallest absolute Gasteiger partial charge is 0.137 e. The van der Waals surface area contributed by atoms with Crippen LogP contribution < -0.4 is 10.2 Å². The van der Waals surface area contributed by atoms with Crippen LogP contribution in [0.25, 0.3) is 0 Å². The van der Waals surface area contributed by atoms with Gasteiger partial charge in [-0.1, -0.05) is 19.8 Å². The summed E-state index contributed by atoms with van der Waals surface area (Å²) in [6, 6.07) is 0. The summed E-state index contributed by atoms with van der Waals surface area (Å²) in [5, 5.41) is 3.34. The maximum Gasteiger partial charge on any atom is 0.137 e. The first kappa shape index (κ1) is 14.1. The Morgan fingerprint density at radius 3 is 2.63 bits per heavy atom. The molecular formula is C15H26N4. The summed E-state index contributed by atoms with van der Waals surface area (Å²) in [7, 11) is 2.16. The minimum atomic E-state index is 0.840. The van der Waals surface area contributed by atoms with Gasteiger partial charge in [-0.25, -0.2) is 9.97 Å². The fourth-order valence-corrected chi connectivity index (χ4v) is 3.04. The first-order valence-electron chi connectivity index (χ1n) is 7.55. The highest BCUT2D eigenvalue weighted by Crippen LogP contribution is 2.28. The van der Waals surface area contributed by atoms with Gasteiger partial charge in [0.1, 0.15) is 18.0 Å². The molecule has 19 heavy (non-hydrogen) atoms. The number of hydrogen-bond donors (Lipinski definition) is 1. The molecule has 4 nitrogen and oxygen atoms in total. The minimum absolute atomic E-state index is 0.840. The van der Waals surface area contributed by atoms with E-state index >= 15 is 0 Å². The lowest BCUT2D eigenvalue weighted by atomic mass is 10.1. The first-order valence-corrected chi connectivity index (χ1v) is 7.55. The molecule has 2 rings (SSSR count). The van der Waals surface area contributed by atoms with Crippen molar-refractivity contribution in [1.29, 1.82) is 0 Å². The summed E-state index contributed by atoms with van der Waals surface area (Å²) in [5.41, 5.74) is 1.24. The molecule has 0 aliphatic heterocycles. The van der Waals surface area contributed by atoms with Gasteiger partial charge in [-0.3, -0.25) is 0 Å². The van der Waals surface area contributed by atoms with Crippen LogP contribution in [0.15, 0.2) is 6.33 Å². The van der Waals surface area contributed by atoms with Crippen LogP contribution in [-0.4, -0.2) is 30.1 Å². The van der Waals surface area contributed by atoms with Gasteiger partial charge in [-0.15, -0.1) is 0 Å². The van der Waals surface area contributed by atoms with Crippen molar-refractivity contribution in [2.24, 2.45) is 5.92 Å². The molecule has 0 spiro atoms. The number of rotatable bonds is 6. The third-order valence-electron chi connectivity index (χ3n) is 3.99. The third-order valence-corrected chi connectivity index (χ3v) is 3.99. The molecule has 1 fully saturated rings. The fourth-order valence-electron chi connectivity index (χ4n) is 3.04. The lowest BCUT2D eigenvalue weighted by Gasteiger charge is -2.25. The largest absolute Gasteiger partial charge is 0.370 e. The Kier molecular flexibility index (Phi) is 5.00. The van der Waals surface area contributed by atoms with E-state index in [1.807, 2.05) is 0 Å². The second kappa shape index (κ2) is 6.73. The molecule has 0 aromatic carbocycles. The monoisotopic (exact) mass is 262 g/mol. The second-order valence-electron chi connectivity index (χ2n) is 5.44. The molecule has 1 N–H and O–H groups in total. The van der Waals surface area contributed by atoms with E-state index < -0.39 is 0 Å². The maximum atomic E-state index is 4.51. The van der Waals surface area contributed by atoms with Crippen LogP contribution in [-0.2, 0) is 6.42 Å². The Bertz CT molecular complexity index is 399. The van der Waals surface area contributed by atoms with Crippen LogP contribution in [0.5, 0.6) is 0 Å². The van der Waals surface area contributed by atoms with E-state index in [2.05, 4.69) is 41.1 Å². The van der Waals surface area contributed by atoms with E-state index in [9.17, 15) is 0 Å². The van der Waals surface area contributed by atoms with Crippen molar-refractivity contribution in [3.05, 3.63) is 11.9 Å². The Morgan fingerprint density at radius 1 is 1.26 bits per heavy atom. The Hall–Kier alpha value is -1.32. The molecule has 1 heterocycles. The molecule has 1 aromatic heterocycles. The van der Waals surface area contributed by atoms with Gasteiger partial charge in [0.05, 0.1) is 0 Å². The molecule has 0 atom stereocenters. The van der Waals surface area contributed by atoms with Gasteiger partial charge in [0.15, 0.2) is 0 Å². The highest BCUT2D eigenvalue weighted by molar-refractivity contribution is 5.58.